The number of ether oxygens (including phenoxy) is 1. The van der Waals surface area contributed by atoms with Gasteiger partial charge in [-0.2, -0.15) is 0 Å². The number of amides is 2. The van der Waals surface area contributed by atoms with E-state index in [-0.39, 0.29) is 11.8 Å². The summed E-state index contributed by atoms with van der Waals surface area (Å²) < 4.78 is 5.11. The third kappa shape index (κ3) is 3.36. The third-order valence-electron chi connectivity index (χ3n) is 4.90. The van der Waals surface area contributed by atoms with Gasteiger partial charge in [0.05, 0.1) is 12.1 Å². The SMILES string of the molecule is COc1ccc(NC(=O)C2(C(=O)N3CCCCCC3)CC2)cc1Cl. The maximum atomic E-state index is 12.9. The number of carbonyl (C=O) groups excluding carboxylic acids is 2. The van der Waals surface area contributed by atoms with Crippen molar-refractivity contribution < 1.29 is 14.3 Å². The molecule has 2 amide bonds. The Kier molecular flexibility index (Phi) is 4.99. The number of nitrogens with one attached hydrogen (secondary N) is 1. The van der Waals surface area contributed by atoms with E-state index >= 15 is 0 Å². The largest absolute Gasteiger partial charge is 0.495 e. The van der Waals surface area contributed by atoms with Crippen LogP contribution in [0.15, 0.2) is 18.2 Å². The first-order chi connectivity index (χ1) is 11.6. The molecule has 1 saturated heterocycles. The molecule has 0 spiro atoms. The normalized spacial score (nSPS) is 19.3. The molecule has 1 aromatic rings. The summed E-state index contributed by atoms with van der Waals surface area (Å²) in [5.74, 6) is 0.316. The minimum atomic E-state index is -0.878. The molecule has 2 aliphatic rings. The summed E-state index contributed by atoms with van der Waals surface area (Å²) in [6.07, 6.45) is 5.62. The molecule has 1 saturated carbocycles. The van der Waals surface area contributed by atoms with Crippen LogP contribution in [-0.4, -0.2) is 36.9 Å². The monoisotopic (exact) mass is 350 g/mol. The number of methoxy groups -OCH3 is 1. The van der Waals surface area contributed by atoms with Crippen LogP contribution in [0.5, 0.6) is 5.75 Å². The van der Waals surface area contributed by atoms with Crippen molar-refractivity contribution in [3.8, 4) is 5.75 Å². The molecule has 0 aromatic heterocycles. The molecular formula is C18H23ClN2O3. The zero-order valence-electron chi connectivity index (χ0n) is 13.9. The maximum Gasteiger partial charge on any atom is 0.240 e. The van der Waals surface area contributed by atoms with Gasteiger partial charge in [0, 0.05) is 18.8 Å². The van der Waals surface area contributed by atoms with Crippen molar-refractivity contribution in [3.63, 3.8) is 0 Å². The van der Waals surface area contributed by atoms with E-state index in [1.54, 1.807) is 25.3 Å². The molecule has 0 bridgehead atoms. The first kappa shape index (κ1) is 17.1. The lowest BCUT2D eigenvalue weighted by molar-refractivity contribution is -0.142. The van der Waals surface area contributed by atoms with Crippen LogP contribution in [0.25, 0.3) is 0 Å². The van der Waals surface area contributed by atoms with E-state index in [0.717, 1.165) is 38.8 Å². The van der Waals surface area contributed by atoms with Crippen molar-refractivity contribution in [2.45, 2.75) is 38.5 Å². The molecular weight excluding hydrogens is 328 g/mol. The fourth-order valence-electron chi connectivity index (χ4n) is 3.23. The van der Waals surface area contributed by atoms with Crippen LogP contribution in [-0.2, 0) is 9.59 Å². The number of benzene rings is 1. The van der Waals surface area contributed by atoms with Gasteiger partial charge in [0.15, 0.2) is 0 Å². The summed E-state index contributed by atoms with van der Waals surface area (Å²) in [4.78, 5) is 27.4. The van der Waals surface area contributed by atoms with Gasteiger partial charge in [0.1, 0.15) is 11.2 Å². The Balaban J connectivity index is 1.69. The third-order valence-corrected chi connectivity index (χ3v) is 5.19. The first-order valence-electron chi connectivity index (χ1n) is 8.51. The van der Waals surface area contributed by atoms with Crippen molar-refractivity contribution in [2.24, 2.45) is 5.41 Å². The lowest BCUT2D eigenvalue weighted by Crippen LogP contribution is -2.43. The second kappa shape index (κ2) is 7.01. The molecule has 24 heavy (non-hydrogen) atoms. The van der Waals surface area contributed by atoms with Gasteiger partial charge in [-0.25, -0.2) is 0 Å². The Morgan fingerprint density at radius 1 is 1.17 bits per heavy atom. The van der Waals surface area contributed by atoms with E-state index in [0.29, 0.717) is 29.3 Å². The van der Waals surface area contributed by atoms with Crippen LogP contribution < -0.4 is 10.1 Å². The number of likely N-dealkylation sites (tertiary alicyclic amines) is 1. The Labute approximate surface area is 147 Å². The average Bonchev–Trinajstić information content (AvgIpc) is 3.39. The summed E-state index contributed by atoms with van der Waals surface area (Å²) in [6.45, 7) is 1.53. The van der Waals surface area contributed by atoms with Gasteiger partial charge in [-0.15, -0.1) is 0 Å². The maximum absolute atomic E-state index is 12.9. The topological polar surface area (TPSA) is 58.6 Å². The molecule has 5 nitrogen and oxygen atoms in total. The van der Waals surface area contributed by atoms with Gasteiger partial charge in [0.25, 0.3) is 0 Å². The quantitative estimate of drug-likeness (QED) is 0.846. The highest BCUT2D eigenvalue weighted by atomic mass is 35.5. The number of hydrogen-bond donors (Lipinski definition) is 1. The summed E-state index contributed by atoms with van der Waals surface area (Å²) >= 11 is 6.09. The molecule has 1 aliphatic carbocycles. The second-order valence-electron chi connectivity index (χ2n) is 6.59. The number of nitrogens with zero attached hydrogens (tertiary/aromatic N) is 1. The van der Waals surface area contributed by atoms with E-state index in [1.807, 2.05) is 4.90 Å². The number of hydrogen-bond acceptors (Lipinski definition) is 3. The number of rotatable bonds is 4. The van der Waals surface area contributed by atoms with Crippen LogP contribution in [0.1, 0.15) is 38.5 Å². The summed E-state index contributed by atoms with van der Waals surface area (Å²) in [6, 6.07) is 5.08. The van der Waals surface area contributed by atoms with Crippen molar-refractivity contribution >= 4 is 29.1 Å². The Morgan fingerprint density at radius 3 is 2.38 bits per heavy atom. The molecule has 130 valence electrons. The van der Waals surface area contributed by atoms with Crippen molar-refractivity contribution in [1.29, 1.82) is 0 Å². The van der Waals surface area contributed by atoms with Gasteiger partial charge in [0.2, 0.25) is 11.8 Å². The molecule has 1 aromatic carbocycles. The lowest BCUT2D eigenvalue weighted by Gasteiger charge is -2.25. The number of carbonyl (C=O) groups is 2. The molecule has 0 radical (unpaired) electrons. The minimum absolute atomic E-state index is 0.0125. The Morgan fingerprint density at radius 2 is 1.83 bits per heavy atom. The molecule has 3 rings (SSSR count). The van der Waals surface area contributed by atoms with E-state index in [2.05, 4.69) is 5.32 Å². The highest BCUT2D eigenvalue weighted by molar-refractivity contribution is 6.32. The van der Waals surface area contributed by atoms with Gasteiger partial charge < -0.3 is 15.0 Å². The second-order valence-corrected chi connectivity index (χ2v) is 7.00. The van der Waals surface area contributed by atoms with Gasteiger partial charge >= 0.3 is 0 Å². The first-order valence-corrected chi connectivity index (χ1v) is 8.89. The minimum Gasteiger partial charge on any atom is -0.495 e. The van der Waals surface area contributed by atoms with Crippen molar-refractivity contribution in [3.05, 3.63) is 23.2 Å². The standard InChI is InChI=1S/C18H23ClN2O3/c1-24-15-7-6-13(12-14(15)19)20-16(22)18(8-9-18)17(23)21-10-4-2-3-5-11-21/h6-7,12H,2-5,8-11H2,1H3,(H,20,22). The molecule has 0 atom stereocenters. The highest BCUT2D eigenvalue weighted by Crippen LogP contribution is 2.48. The van der Waals surface area contributed by atoms with Crippen LogP contribution in [0.3, 0.4) is 0 Å². The van der Waals surface area contributed by atoms with Gasteiger partial charge in [-0.3, -0.25) is 9.59 Å². The average molecular weight is 351 g/mol. The van der Waals surface area contributed by atoms with Crippen molar-refractivity contribution in [1.82, 2.24) is 4.90 Å². The number of halogens is 1. The smallest absolute Gasteiger partial charge is 0.240 e. The van der Waals surface area contributed by atoms with Crippen molar-refractivity contribution in [2.75, 3.05) is 25.5 Å². The predicted octanol–water partition coefficient (Wildman–Crippen LogP) is 3.47. The predicted molar refractivity (Wildman–Crippen MR) is 93.3 cm³/mol. The van der Waals surface area contributed by atoms with Crippen LogP contribution in [0.4, 0.5) is 5.69 Å². The Bertz CT molecular complexity index is 635. The van der Waals surface area contributed by atoms with E-state index < -0.39 is 5.41 Å². The van der Waals surface area contributed by atoms with Gasteiger partial charge in [-0.05, 0) is 43.9 Å². The fourth-order valence-corrected chi connectivity index (χ4v) is 3.49. The molecule has 1 aliphatic heterocycles. The van der Waals surface area contributed by atoms with Crippen LogP contribution >= 0.6 is 11.6 Å². The van der Waals surface area contributed by atoms with Gasteiger partial charge in [-0.1, -0.05) is 24.4 Å². The van der Waals surface area contributed by atoms with E-state index in [9.17, 15) is 9.59 Å². The highest BCUT2D eigenvalue weighted by Gasteiger charge is 2.57. The fraction of sp³-hybridized carbons (Fsp3) is 0.556. The zero-order valence-corrected chi connectivity index (χ0v) is 14.7. The Hall–Kier alpha value is -1.75. The summed E-state index contributed by atoms with van der Waals surface area (Å²) in [5.41, 5.74) is -0.294. The molecule has 1 heterocycles. The molecule has 6 heteroatoms. The van der Waals surface area contributed by atoms with E-state index in [4.69, 9.17) is 16.3 Å². The zero-order chi connectivity index (χ0) is 17.2. The van der Waals surface area contributed by atoms with Crippen LogP contribution in [0, 0.1) is 5.41 Å². The lowest BCUT2D eigenvalue weighted by atomic mass is 10.0. The van der Waals surface area contributed by atoms with E-state index in [1.165, 1.54) is 0 Å². The molecule has 1 N–H and O–H groups in total. The molecule has 0 unspecified atom stereocenters. The van der Waals surface area contributed by atoms with Crippen LogP contribution in [0.2, 0.25) is 5.02 Å². The summed E-state index contributed by atoms with van der Waals surface area (Å²) in [7, 11) is 1.54. The number of anilines is 1. The molecule has 2 fully saturated rings. The summed E-state index contributed by atoms with van der Waals surface area (Å²) in [5, 5.41) is 3.28.